The fourth-order valence-electron chi connectivity index (χ4n) is 0.827. The highest BCUT2D eigenvalue weighted by atomic mass is 19.1. The van der Waals surface area contributed by atoms with E-state index in [1.54, 1.807) is 0 Å². The molecule has 66 valence electrons. The molecule has 0 atom stereocenters. The Balaban J connectivity index is 2.92. The van der Waals surface area contributed by atoms with Gasteiger partial charge in [-0.25, -0.2) is 4.39 Å². The smallest absolute Gasteiger partial charge is 0.254 e. The van der Waals surface area contributed by atoms with Gasteiger partial charge in [0.25, 0.3) is 5.91 Å². The number of nitrogens with zero attached hydrogens (tertiary/aromatic N) is 2. The maximum Gasteiger partial charge on any atom is 0.254 e. The SMILES string of the molecule is NC(=O)c1cn(CCF)nc1N. The number of amides is 1. The third-order valence-electron chi connectivity index (χ3n) is 1.37. The van der Waals surface area contributed by atoms with E-state index in [0.717, 1.165) is 0 Å². The first kappa shape index (κ1) is 8.51. The third kappa shape index (κ3) is 1.52. The second-order valence-electron chi connectivity index (χ2n) is 2.24. The number of primary amides is 1. The summed E-state index contributed by atoms with van der Waals surface area (Å²) in [5, 5.41) is 3.68. The van der Waals surface area contributed by atoms with E-state index in [1.165, 1.54) is 10.9 Å². The monoisotopic (exact) mass is 172 g/mol. The van der Waals surface area contributed by atoms with E-state index in [9.17, 15) is 9.18 Å². The Morgan fingerprint density at radius 2 is 2.42 bits per heavy atom. The van der Waals surface area contributed by atoms with Crippen LogP contribution in [0.4, 0.5) is 10.2 Å². The zero-order valence-electron chi connectivity index (χ0n) is 6.33. The van der Waals surface area contributed by atoms with Crippen LogP contribution in [0.15, 0.2) is 6.20 Å². The first-order valence-electron chi connectivity index (χ1n) is 3.34. The summed E-state index contributed by atoms with van der Waals surface area (Å²) in [7, 11) is 0. The second-order valence-corrected chi connectivity index (χ2v) is 2.24. The van der Waals surface area contributed by atoms with Crippen molar-refractivity contribution in [2.24, 2.45) is 5.73 Å². The van der Waals surface area contributed by atoms with E-state index in [-0.39, 0.29) is 17.9 Å². The Hall–Kier alpha value is -1.59. The molecular formula is C6H9FN4O. The molecule has 0 saturated carbocycles. The lowest BCUT2D eigenvalue weighted by Gasteiger charge is -1.91. The third-order valence-corrected chi connectivity index (χ3v) is 1.37. The number of alkyl halides is 1. The zero-order valence-corrected chi connectivity index (χ0v) is 6.33. The van der Waals surface area contributed by atoms with Gasteiger partial charge in [-0.15, -0.1) is 0 Å². The molecule has 0 aliphatic carbocycles. The van der Waals surface area contributed by atoms with Crippen LogP contribution in [-0.4, -0.2) is 22.4 Å². The van der Waals surface area contributed by atoms with Gasteiger partial charge in [0.15, 0.2) is 5.82 Å². The van der Waals surface area contributed by atoms with Crippen LogP contribution in [0.3, 0.4) is 0 Å². The van der Waals surface area contributed by atoms with Crippen molar-refractivity contribution >= 4 is 11.7 Å². The average molecular weight is 172 g/mol. The molecule has 1 heterocycles. The van der Waals surface area contributed by atoms with Crippen molar-refractivity contribution in [2.45, 2.75) is 6.54 Å². The molecule has 1 aromatic heterocycles. The molecule has 12 heavy (non-hydrogen) atoms. The lowest BCUT2D eigenvalue weighted by molar-refractivity contribution is 0.100. The van der Waals surface area contributed by atoms with Crippen LogP contribution in [0.1, 0.15) is 10.4 Å². The molecule has 0 unspecified atom stereocenters. The van der Waals surface area contributed by atoms with Crippen molar-refractivity contribution in [2.75, 3.05) is 12.4 Å². The summed E-state index contributed by atoms with van der Waals surface area (Å²) in [6.07, 6.45) is 1.33. The first-order valence-corrected chi connectivity index (χ1v) is 3.34. The Morgan fingerprint density at radius 3 is 2.83 bits per heavy atom. The standard InChI is InChI=1S/C6H9FN4O/c7-1-2-11-3-4(6(9)12)5(8)10-11/h3H,1-2H2,(H2,8,10)(H2,9,12). The topological polar surface area (TPSA) is 86.9 Å². The fourth-order valence-corrected chi connectivity index (χ4v) is 0.827. The summed E-state index contributed by atoms with van der Waals surface area (Å²) in [6, 6.07) is 0. The number of carbonyl (C=O) groups is 1. The number of nitrogens with two attached hydrogens (primary N) is 2. The van der Waals surface area contributed by atoms with Crippen molar-refractivity contribution in [3.8, 4) is 0 Å². The maximum atomic E-state index is 11.8. The molecule has 0 aliphatic heterocycles. The van der Waals surface area contributed by atoms with E-state index >= 15 is 0 Å². The summed E-state index contributed by atoms with van der Waals surface area (Å²) in [5.41, 5.74) is 10.4. The van der Waals surface area contributed by atoms with Gasteiger partial charge in [-0.1, -0.05) is 0 Å². The highest BCUT2D eigenvalue weighted by Crippen LogP contribution is 2.07. The molecule has 1 rings (SSSR count). The summed E-state index contributed by atoms with van der Waals surface area (Å²) in [5.74, 6) is -0.617. The summed E-state index contributed by atoms with van der Waals surface area (Å²) >= 11 is 0. The van der Waals surface area contributed by atoms with Crippen LogP contribution in [-0.2, 0) is 6.54 Å². The summed E-state index contributed by atoms with van der Waals surface area (Å²) in [4.78, 5) is 10.6. The van der Waals surface area contributed by atoms with Gasteiger partial charge in [0, 0.05) is 6.20 Å². The molecule has 0 saturated heterocycles. The van der Waals surface area contributed by atoms with Crippen LogP contribution < -0.4 is 11.5 Å². The Kier molecular flexibility index (Phi) is 2.27. The number of hydrogen-bond donors (Lipinski definition) is 2. The van der Waals surface area contributed by atoms with Crippen molar-refractivity contribution in [1.29, 1.82) is 0 Å². The molecular weight excluding hydrogens is 163 g/mol. The van der Waals surface area contributed by atoms with E-state index < -0.39 is 12.6 Å². The number of rotatable bonds is 3. The van der Waals surface area contributed by atoms with Gasteiger partial charge in [0.2, 0.25) is 0 Å². The lowest BCUT2D eigenvalue weighted by atomic mass is 10.3. The molecule has 4 N–H and O–H groups in total. The van der Waals surface area contributed by atoms with Gasteiger partial charge in [0.05, 0.1) is 6.54 Å². The van der Waals surface area contributed by atoms with Crippen molar-refractivity contribution < 1.29 is 9.18 Å². The van der Waals surface area contributed by atoms with Gasteiger partial charge in [-0.3, -0.25) is 9.48 Å². The molecule has 5 nitrogen and oxygen atoms in total. The Bertz CT molecular complexity index is 296. The first-order chi connectivity index (χ1) is 5.65. The molecule has 1 amide bonds. The van der Waals surface area contributed by atoms with Crippen LogP contribution in [0.25, 0.3) is 0 Å². The molecule has 6 heteroatoms. The summed E-state index contributed by atoms with van der Waals surface area (Å²) in [6.45, 7) is -0.475. The minimum Gasteiger partial charge on any atom is -0.382 e. The van der Waals surface area contributed by atoms with Crippen LogP contribution in [0.2, 0.25) is 0 Å². The predicted octanol–water partition coefficient (Wildman–Crippen LogP) is -0.466. The molecule has 1 aromatic rings. The van der Waals surface area contributed by atoms with Crippen LogP contribution in [0.5, 0.6) is 0 Å². The summed E-state index contributed by atoms with van der Waals surface area (Å²) < 4.78 is 13.0. The van der Waals surface area contributed by atoms with Gasteiger partial charge in [-0.2, -0.15) is 5.10 Å². The highest BCUT2D eigenvalue weighted by molar-refractivity contribution is 5.96. The highest BCUT2D eigenvalue weighted by Gasteiger charge is 2.09. The quantitative estimate of drug-likeness (QED) is 0.646. The Labute approximate surface area is 68.1 Å². The number of aromatic nitrogens is 2. The number of hydrogen-bond acceptors (Lipinski definition) is 3. The average Bonchev–Trinajstić information content (AvgIpc) is 2.32. The van der Waals surface area contributed by atoms with Crippen molar-refractivity contribution in [3.63, 3.8) is 0 Å². The molecule has 0 bridgehead atoms. The van der Waals surface area contributed by atoms with Gasteiger partial charge in [0.1, 0.15) is 12.2 Å². The largest absolute Gasteiger partial charge is 0.382 e. The van der Waals surface area contributed by atoms with Gasteiger partial charge in [-0.05, 0) is 0 Å². The fraction of sp³-hybridized carbons (Fsp3) is 0.333. The predicted molar refractivity (Wildman–Crippen MR) is 41.1 cm³/mol. The number of nitrogen functional groups attached to an aromatic ring is 1. The molecule has 0 radical (unpaired) electrons. The molecule has 0 spiro atoms. The van der Waals surface area contributed by atoms with E-state index in [2.05, 4.69) is 5.10 Å². The number of aryl methyl sites for hydroxylation is 1. The van der Waals surface area contributed by atoms with Gasteiger partial charge < -0.3 is 11.5 Å². The number of carbonyl (C=O) groups excluding carboxylic acids is 1. The Morgan fingerprint density at radius 1 is 1.75 bits per heavy atom. The number of anilines is 1. The molecule has 0 fully saturated rings. The normalized spacial score (nSPS) is 10.1. The lowest BCUT2D eigenvalue weighted by Crippen LogP contribution is -2.11. The van der Waals surface area contributed by atoms with E-state index in [0.29, 0.717) is 0 Å². The van der Waals surface area contributed by atoms with E-state index in [4.69, 9.17) is 11.5 Å². The molecule has 0 aliphatic rings. The van der Waals surface area contributed by atoms with Crippen molar-refractivity contribution in [1.82, 2.24) is 9.78 Å². The van der Waals surface area contributed by atoms with Crippen molar-refractivity contribution in [3.05, 3.63) is 11.8 Å². The number of halogens is 1. The van der Waals surface area contributed by atoms with E-state index in [1.807, 2.05) is 0 Å². The zero-order chi connectivity index (χ0) is 9.14. The maximum absolute atomic E-state index is 11.8. The molecule has 0 aromatic carbocycles. The van der Waals surface area contributed by atoms with Gasteiger partial charge >= 0.3 is 0 Å². The minimum absolute atomic E-state index is 0.0379. The van der Waals surface area contributed by atoms with Crippen LogP contribution >= 0.6 is 0 Å². The second kappa shape index (κ2) is 3.21. The minimum atomic E-state index is -0.655. The van der Waals surface area contributed by atoms with Crippen LogP contribution in [0, 0.1) is 0 Å².